The predicted molar refractivity (Wildman–Crippen MR) is 122 cm³/mol. The van der Waals surface area contributed by atoms with Gasteiger partial charge in [0.05, 0.1) is 16.0 Å². The van der Waals surface area contributed by atoms with E-state index < -0.39 is 27.7 Å². The second-order valence-electron chi connectivity index (χ2n) is 7.87. The van der Waals surface area contributed by atoms with E-state index in [1.54, 1.807) is 43.3 Å². The summed E-state index contributed by atoms with van der Waals surface area (Å²) >= 11 is 0. The predicted octanol–water partition coefficient (Wildman–Crippen LogP) is 5.89. The van der Waals surface area contributed by atoms with Crippen molar-refractivity contribution in [1.29, 1.82) is 0 Å². The van der Waals surface area contributed by atoms with Gasteiger partial charge in [-0.25, -0.2) is 12.4 Å². The molecule has 0 aliphatic heterocycles. The third-order valence-corrected chi connectivity index (χ3v) is 7.53. The summed E-state index contributed by atoms with van der Waals surface area (Å²) in [6.07, 6.45) is -3.00. The minimum absolute atomic E-state index is 0.00966. The fraction of sp³-hybridized carbons (Fsp3) is 0.160. The van der Waals surface area contributed by atoms with Gasteiger partial charge < -0.3 is 5.11 Å². The molecule has 0 radical (unpaired) electrons. The summed E-state index contributed by atoms with van der Waals surface area (Å²) in [7, 11) is -4.09. The number of rotatable bonds is 6. The molecule has 1 N–H and O–H groups in total. The lowest BCUT2D eigenvalue weighted by molar-refractivity contribution is -0.138. The Balaban J connectivity index is 1.82. The zero-order chi connectivity index (χ0) is 24.7. The fourth-order valence-electron chi connectivity index (χ4n) is 4.01. The Kier molecular flexibility index (Phi) is 5.99. The molecule has 0 aliphatic carbocycles. The highest BCUT2D eigenvalue weighted by Crippen LogP contribution is 2.34. The van der Waals surface area contributed by atoms with Crippen LogP contribution in [0.25, 0.3) is 22.0 Å². The monoisotopic (exact) mass is 487 g/mol. The van der Waals surface area contributed by atoms with Crippen molar-refractivity contribution in [3.05, 3.63) is 89.6 Å². The zero-order valence-corrected chi connectivity index (χ0v) is 18.8. The molecular weight excluding hydrogens is 467 g/mol. The minimum atomic E-state index is -4.47. The van der Waals surface area contributed by atoms with Gasteiger partial charge in [0, 0.05) is 18.0 Å². The van der Waals surface area contributed by atoms with Crippen LogP contribution in [0.2, 0.25) is 0 Å². The van der Waals surface area contributed by atoms with Crippen LogP contribution in [0.1, 0.15) is 23.1 Å². The van der Waals surface area contributed by atoms with Crippen LogP contribution in [-0.4, -0.2) is 23.5 Å². The summed E-state index contributed by atoms with van der Waals surface area (Å²) in [5, 5.41) is 9.68. The van der Waals surface area contributed by atoms with Crippen LogP contribution in [0.4, 0.5) is 13.2 Å². The average Bonchev–Trinajstić information content (AvgIpc) is 3.17. The molecule has 34 heavy (non-hydrogen) atoms. The van der Waals surface area contributed by atoms with E-state index in [0.29, 0.717) is 33.2 Å². The standard InChI is InChI=1S/C25H20F3NO4S/c1-16-20(17-9-12-19(13-10-17)25(26,27)28)6-4-8-23(16)34(32,33)29-15-18(11-14-24(30)31)21-5-2-3-7-22(21)29/h2-10,12-13,15H,11,14H2,1H3,(H,30,31). The maximum Gasteiger partial charge on any atom is 0.416 e. The fourth-order valence-corrected chi connectivity index (χ4v) is 5.65. The molecule has 0 unspecified atom stereocenters. The van der Waals surface area contributed by atoms with Crippen molar-refractivity contribution in [2.24, 2.45) is 0 Å². The lowest BCUT2D eigenvalue weighted by Crippen LogP contribution is -2.13. The molecule has 5 nitrogen and oxygen atoms in total. The maximum atomic E-state index is 13.7. The van der Waals surface area contributed by atoms with Gasteiger partial charge in [-0.2, -0.15) is 13.2 Å². The number of benzene rings is 3. The van der Waals surface area contributed by atoms with Crippen molar-refractivity contribution >= 4 is 26.9 Å². The highest BCUT2D eigenvalue weighted by Gasteiger charge is 2.30. The van der Waals surface area contributed by atoms with Gasteiger partial charge in [-0.1, -0.05) is 42.5 Å². The van der Waals surface area contributed by atoms with E-state index in [1.165, 1.54) is 24.4 Å². The first-order chi connectivity index (χ1) is 16.0. The topological polar surface area (TPSA) is 76.4 Å². The molecule has 0 saturated heterocycles. The number of fused-ring (bicyclic) bond motifs is 1. The molecule has 1 heterocycles. The number of alkyl halides is 3. The van der Waals surface area contributed by atoms with Gasteiger partial charge in [-0.3, -0.25) is 4.79 Å². The van der Waals surface area contributed by atoms with Crippen LogP contribution >= 0.6 is 0 Å². The van der Waals surface area contributed by atoms with Gasteiger partial charge in [-0.15, -0.1) is 0 Å². The second-order valence-corrected chi connectivity index (χ2v) is 9.65. The Bertz CT molecular complexity index is 1490. The number of carboxylic acids is 1. The molecule has 4 aromatic rings. The highest BCUT2D eigenvalue weighted by molar-refractivity contribution is 7.90. The first-order valence-corrected chi connectivity index (χ1v) is 11.8. The van der Waals surface area contributed by atoms with Crippen LogP contribution in [0.15, 0.2) is 77.8 Å². The Labute approximate surface area is 194 Å². The normalized spacial score (nSPS) is 12.2. The van der Waals surface area contributed by atoms with Gasteiger partial charge in [-0.05, 0) is 59.9 Å². The van der Waals surface area contributed by atoms with Gasteiger partial charge >= 0.3 is 12.1 Å². The van der Waals surface area contributed by atoms with Gasteiger partial charge in [0.2, 0.25) is 0 Å². The number of aliphatic carboxylic acids is 1. The molecule has 1 aromatic heterocycles. The van der Waals surface area contributed by atoms with Crippen molar-refractivity contribution in [1.82, 2.24) is 3.97 Å². The third kappa shape index (κ3) is 4.31. The van der Waals surface area contributed by atoms with E-state index in [9.17, 15) is 26.4 Å². The molecule has 0 bridgehead atoms. The molecule has 0 atom stereocenters. The number of hydrogen-bond acceptors (Lipinski definition) is 3. The van der Waals surface area contributed by atoms with Crippen LogP contribution in [0.3, 0.4) is 0 Å². The lowest BCUT2D eigenvalue weighted by atomic mass is 9.99. The highest BCUT2D eigenvalue weighted by atomic mass is 32.2. The molecule has 3 aromatic carbocycles. The summed E-state index contributed by atoms with van der Waals surface area (Å²) in [4.78, 5) is 11.0. The van der Waals surface area contributed by atoms with Crippen molar-refractivity contribution in [3.8, 4) is 11.1 Å². The van der Waals surface area contributed by atoms with Crippen LogP contribution in [0.5, 0.6) is 0 Å². The summed E-state index contributed by atoms with van der Waals surface area (Å²) in [6, 6.07) is 16.0. The largest absolute Gasteiger partial charge is 0.481 e. The molecule has 0 saturated carbocycles. The molecule has 0 aliphatic rings. The van der Waals surface area contributed by atoms with Crippen molar-refractivity contribution in [2.75, 3.05) is 0 Å². The van der Waals surface area contributed by atoms with Gasteiger partial charge in [0.15, 0.2) is 0 Å². The minimum Gasteiger partial charge on any atom is -0.481 e. The zero-order valence-electron chi connectivity index (χ0n) is 18.0. The molecule has 9 heteroatoms. The molecule has 0 fully saturated rings. The van der Waals surface area contributed by atoms with Gasteiger partial charge in [0.25, 0.3) is 10.0 Å². The van der Waals surface area contributed by atoms with E-state index in [-0.39, 0.29) is 17.7 Å². The number of hydrogen-bond donors (Lipinski definition) is 1. The molecule has 176 valence electrons. The van der Waals surface area contributed by atoms with Crippen molar-refractivity contribution in [3.63, 3.8) is 0 Å². The molecule has 4 rings (SSSR count). The second kappa shape index (κ2) is 8.64. The summed E-state index contributed by atoms with van der Waals surface area (Å²) in [6.45, 7) is 1.61. The number of halogens is 3. The summed E-state index contributed by atoms with van der Waals surface area (Å²) in [5.74, 6) is -0.986. The Morgan fingerprint density at radius 2 is 1.65 bits per heavy atom. The number of aromatic nitrogens is 1. The SMILES string of the molecule is Cc1c(-c2ccc(C(F)(F)F)cc2)cccc1S(=O)(=O)n1cc(CCC(=O)O)c2ccccc21. The van der Waals surface area contributed by atoms with E-state index in [0.717, 1.165) is 16.1 Å². The number of carboxylic acid groups (broad SMARTS) is 1. The van der Waals surface area contributed by atoms with Crippen LogP contribution in [0, 0.1) is 6.92 Å². The van der Waals surface area contributed by atoms with E-state index >= 15 is 0 Å². The first-order valence-electron chi connectivity index (χ1n) is 10.3. The number of carbonyl (C=O) groups is 1. The van der Waals surface area contributed by atoms with Crippen molar-refractivity contribution < 1.29 is 31.5 Å². The number of para-hydroxylation sites is 1. The van der Waals surface area contributed by atoms with Crippen molar-refractivity contribution in [2.45, 2.75) is 30.8 Å². The Hall–Kier alpha value is -3.59. The van der Waals surface area contributed by atoms with Crippen LogP contribution < -0.4 is 0 Å². The van der Waals surface area contributed by atoms with Gasteiger partial charge in [0.1, 0.15) is 0 Å². The number of aryl methyl sites for hydroxylation is 1. The van der Waals surface area contributed by atoms with Crippen LogP contribution in [-0.2, 0) is 27.4 Å². The number of nitrogens with zero attached hydrogens (tertiary/aromatic N) is 1. The Morgan fingerprint density at radius 1 is 0.971 bits per heavy atom. The smallest absolute Gasteiger partial charge is 0.416 e. The summed E-state index contributed by atoms with van der Waals surface area (Å²) < 4.78 is 67.3. The first kappa shape index (κ1) is 23.6. The maximum absolute atomic E-state index is 13.7. The average molecular weight is 487 g/mol. The quantitative estimate of drug-likeness (QED) is 0.368. The van der Waals surface area contributed by atoms with E-state index in [1.807, 2.05) is 0 Å². The molecule has 0 spiro atoms. The Morgan fingerprint density at radius 3 is 2.29 bits per heavy atom. The van der Waals surface area contributed by atoms with E-state index in [4.69, 9.17) is 5.11 Å². The van der Waals surface area contributed by atoms with E-state index in [2.05, 4.69) is 0 Å². The lowest BCUT2D eigenvalue weighted by Gasteiger charge is -2.14. The third-order valence-electron chi connectivity index (χ3n) is 5.71. The summed E-state index contributed by atoms with van der Waals surface area (Å²) in [5.41, 5.74) is 1.58. The molecular formula is C25H20F3NO4S. The molecule has 0 amide bonds.